The molecule has 0 bridgehead atoms. The minimum atomic E-state index is 0.00515. The molecule has 1 saturated carbocycles. The Morgan fingerprint density at radius 3 is 3.00 bits per heavy atom. The molecule has 3 rings (SSSR count). The van der Waals surface area contributed by atoms with E-state index in [1.54, 1.807) is 6.20 Å². The third kappa shape index (κ3) is 4.70. The summed E-state index contributed by atoms with van der Waals surface area (Å²) in [5, 5.41) is 7.25. The number of hydrogen-bond acceptors (Lipinski definition) is 4. The van der Waals surface area contributed by atoms with Gasteiger partial charge in [-0.15, -0.1) is 0 Å². The molecule has 2 heterocycles. The molecule has 1 N–H and O–H groups in total. The highest BCUT2D eigenvalue weighted by Crippen LogP contribution is 2.21. The lowest BCUT2D eigenvalue weighted by atomic mass is 10.2. The van der Waals surface area contributed by atoms with Gasteiger partial charge in [-0.25, -0.2) is 4.79 Å². The second kappa shape index (κ2) is 8.48. The van der Waals surface area contributed by atoms with Crippen LogP contribution in [0.2, 0.25) is 0 Å². The van der Waals surface area contributed by atoms with E-state index in [2.05, 4.69) is 22.4 Å². The van der Waals surface area contributed by atoms with Gasteiger partial charge in [-0.1, -0.05) is 12.8 Å². The Kier molecular flexibility index (Phi) is 6.09. The van der Waals surface area contributed by atoms with Crippen LogP contribution < -0.4 is 5.32 Å². The van der Waals surface area contributed by atoms with Crippen molar-refractivity contribution < 1.29 is 9.53 Å². The van der Waals surface area contributed by atoms with Crippen LogP contribution in [0.25, 0.3) is 0 Å². The molecule has 2 aliphatic rings. The van der Waals surface area contributed by atoms with Crippen LogP contribution >= 0.6 is 0 Å². The molecule has 7 nitrogen and oxygen atoms in total. The second-order valence-electron chi connectivity index (χ2n) is 6.82. The average molecular weight is 335 g/mol. The van der Waals surface area contributed by atoms with E-state index < -0.39 is 0 Å². The summed E-state index contributed by atoms with van der Waals surface area (Å²) in [5.74, 6) is 0. The van der Waals surface area contributed by atoms with Crippen molar-refractivity contribution in [2.75, 3.05) is 39.8 Å². The van der Waals surface area contributed by atoms with Crippen LogP contribution in [-0.4, -0.2) is 77.6 Å². The molecule has 0 aromatic carbocycles. The molecule has 24 heavy (non-hydrogen) atoms. The molecular formula is C17H29N5O2. The van der Waals surface area contributed by atoms with Gasteiger partial charge in [0.05, 0.1) is 25.8 Å². The second-order valence-corrected chi connectivity index (χ2v) is 6.82. The zero-order chi connectivity index (χ0) is 16.8. The van der Waals surface area contributed by atoms with E-state index in [0.29, 0.717) is 38.8 Å². The number of rotatable bonds is 6. The standard InChI is InChI=1S/C17H29N5O2/c1-20(15-5-2-3-6-15)10-8-18-17(23)21-11-12-24-16(13-21)14-22-9-4-7-19-22/h4,7,9,15-16H,2-3,5-6,8,10-14H2,1H3,(H,18,23)/t16-/m0/s1. The summed E-state index contributed by atoms with van der Waals surface area (Å²) in [6.45, 7) is 4.15. The Bertz CT molecular complexity index is 501. The molecule has 0 unspecified atom stereocenters. The first kappa shape index (κ1) is 17.2. The molecule has 0 radical (unpaired) electrons. The van der Waals surface area contributed by atoms with Crippen molar-refractivity contribution in [2.45, 2.75) is 44.4 Å². The maximum atomic E-state index is 12.4. The Balaban J connectivity index is 1.37. The third-order valence-electron chi connectivity index (χ3n) is 5.06. The monoisotopic (exact) mass is 335 g/mol. The predicted molar refractivity (Wildman–Crippen MR) is 91.8 cm³/mol. The lowest BCUT2D eigenvalue weighted by molar-refractivity contribution is -0.0237. The summed E-state index contributed by atoms with van der Waals surface area (Å²) < 4.78 is 7.60. The highest BCUT2D eigenvalue weighted by molar-refractivity contribution is 5.74. The van der Waals surface area contributed by atoms with Gasteiger partial charge in [0, 0.05) is 38.1 Å². The minimum Gasteiger partial charge on any atom is -0.373 e. The van der Waals surface area contributed by atoms with E-state index in [1.165, 1.54) is 25.7 Å². The normalized spacial score (nSPS) is 22.2. The lowest BCUT2D eigenvalue weighted by Crippen LogP contribution is -2.51. The summed E-state index contributed by atoms with van der Waals surface area (Å²) in [6.07, 6.45) is 8.95. The fraction of sp³-hybridized carbons (Fsp3) is 0.765. The molecular weight excluding hydrogens is 306 g/mol. The number of hydrogen-bond donors (Lipinski definition) is 1. The van der Waals surface area contributed by atoms with Crippen LogP contribution in [0, 0.1) is 0 Å². The number of likely N-dealkylation sites (N-methyl/N-ethyl adjacent to an activating group) is 1. The highest BCUT2D eigenvalue weighted by atomic mass is 16.5. The van der Waals surface area contributed by atoms with Gasteiger partial charge >= 0.3 is 6.03 Å². The van der Waals surface area contributed by atoms with E-state index in [4.69, 9.17) is 4.74 Å². The van der Waals surface area contributed by atoms with E-state index in [1.807, 2.05) is 21.8 Å². The van der Waals surface area contributed by atoms with Crippen molar-refractivity contribution in [2.24, 2.45) is 0 Å². The van der Waals surface area contributed by atoms with Crippen LogP contribution in [0.3, 0.4) is 0 Å². The molecule has 134 valence electrons. The molecule has 1 saturated heterocycles. The largest absolute Gasteiger partial charge is 0.373 e. The summed E-state index contributed by atoms with van der Waals surface area (Å²) >= 11 is 0. The molecule has 7 heteroatoms. The SMILES string of the molecule is CN(CCNC(=O)N1CCO[C@H](Cn2cccn2)C1)C1CCCC1. The van der Waals surface area contributed by atoms with Crippen LogP contribution in [0.4, 0.5) is 4.79 Å². The molecule has 2 fully saturated rings. The van der Waals surface area contributed by atoms with Crippen molar-refractivity contribution in [3.8, 4) is 0 Å². The first-order chi connectivity index (χ1) is 11.7. The smallest absolute Gasteiger partial charge is 0.317 e. The Morgan fingerprint density at radius 1 is 1.42 bits per heavy atom. The third-order valence-corrected chi connectivity index (χ3v) is 5.06. The van der Waals surface area contributed by atoms with Gasteiger partial charge in [-0.2, -0.15) is 5.10 Å². The number of morpholine rings is 1. The van der Waals surface area contributed by atoms with E-state index in [9.17, 15) is 4.79 Å². The number of ether oxygens (including phenoxy) is 1. The van der Waals surface area contributed by atoms with E-state index in [-0.39, 0.29) is 12.1 Å². The summed E-state index contributed by atoms with van der Waals surface area (Å²) in [4.78, 5) is 16.6. The number of amides is 2. The van der Waals surface area contributed by atoms with Gasteiger partial charge in [0.25, 0.3) is 0 Å². The average Bonchev–Trinajstić information content (AvgIpc) is 3.28. The molecule has 1 atom stereocenters. The van der Waals surface area contributed by atoms with E-state index in [0.717, 1.165) is 6.54 Å². The van der Waals surface area contributed by atoms with Crippen LogP contribution in [0.15, 0.2) is 18.5 Å². The predicted octanol–water partition coefficient (Wildman–Crippen LogP) is 1.17. The summed E-state index contributed by atoms with van der Waals surface area (Å²) in [7, 11) is 2.16. The van der Waals surface area contributed by atoms with Gasteiger partial charge in [0.1, 0.15) is 0 Å². The fourth-order valence-corrected chi connectivity index (χ4v) is 3.61. The van der Waals surface area contributed by atoms with Gasteiger partial charge in [0.2, 0.25) is 0 Å². The van der Waals surface area contributed by atoms with Crippen molar-refractivity contribution >= 4 is 6.03 Å². The van der Waals surface area contributed by atoms with E-state index >= 15 is 0 Å². The van der Waals surface area contributed by atoms with Gasteiger partial charge in [-0.3, -0.25) is 4.68 Å². The number of urea groups is 1. The first-order valence-electron chi connectivity index (χ1n) is 9.04. The minimum absolute atomic E-state index is 0.00515. The van der Waals surface area contributed by atoms with Crippen molar-refractivity contribution in [3.05, 3.63) is 18.5 Å². The molecule has 1 aromatic heterocycles. The Morgan fingerprint density at radius 2 is 2.25 bits per heavy atom. The zero-order valence-electron chi connectivity index (χ0n) is 14.6. The number of aromatic nitrogens is 2. The Hall–Kier alpha value is -1.60. The number of carbonyl (C=O) groups is 1. The maximum absolute atomic E-state index is 12.4. The molecule has 1 aromatic rings. The van der Waals surface area contributed by atoms with Crippen LogP contribution in [-0.2, 0) is 11.3 Å². The molecule has 2 amide bonds. The fourth-order valence-electron chi connectivity index (χ4n) is 3.61. The van der Waals surface area contributed by atoms with Crippen molar-refractivity contribution in [1.29, 1.82) is 0 Å². The molecule has 1 aliphatic carbocycles. The van der Waals surface area contributed by atoms with Gasteiger partial charge in [0.15, 0.2) is 0 Å². The maximum Gasteiger partial charge on any atom is 0.317 e. The number of nitrogens with one attached hydrogen (secondary N) is 1. The molecule has 1 aliphatic heterocycles. The first-order valence-corrected chi connectivity index (χ1v) is 9.04. The van der Waals surface area contributed by atoms with Gasteiger partial charge < -0.3 is 19.9 Å². The van der Waals surface area contributed by atoms with Crippen molar-refractivity contribution in [3.63, 3.8) is 0 Å². The summed E-state index contributed by atoms with van der Waals surface area (Å²) in [6, 6.07) is 2.61. The number of carbonyl (C=O) groups excluding carboxylic acids is 1. The molecule has 0 spiro atoms. The Labute approximate surface area is 143 Å². The van der Waals surface area contributed by atoms with Crippen molar-refractivity contribution in [1.82, 2.24) is 24.9 Å². The number of nitrogens with zero attached hydrogens (tertiary/aromatic N) is 4. The van der Waals surface area contributed by atoms with Crippen LogP contribution in [0.1, 0.15) is 25.7 Å². The lowest BCUT2D eigenvalue weighted by Gasteiger charge is -2.33. The zero-order valence-corrected chi connectivity index (χ0v) is 14.6. The van der Waals surface area contributed by atoms with Crippen LogP contribution in [0.5, 0.6) is 0 Å². The quantitative estimate of drug-likeness (QED) is 0.848. The summed E-state index contributed by atoms with van der Waals surface area (Å²) in [5.41, 5.74) is 0. The van der Waals surface area contributed by atoms with Gasteiger partial charge in [-0.05, 0) is 26.0 Å². The topological polar surface area (TPSA) is 62.6 Å². The highest BCUT2D eigenvalue weighted by Gasteiger charge is 2.25.